The summed E-state index contributed by atoms with van der Waals surface area (Å²) in [6.07, 6.45) is 6.45. The van der Waals surface area contributed by atoms with Crippen LogP contribution in [0.1, 0.15) is 19.8 Å². The van der Waals surface area contributed by atoms with Crippen molar-refractivity contribution in [2.75, 3.05) is 25.5 Å². The van der Waals surface area contributed by atoms with Crippen molar-refractivity contribution in [2.45, 2.75) is 25.4 Å². The number of hydrogen-bond donors (Lipinski definition) is 3. The normalized spacial score (nSPS) is 15.5. The molecule has 0 saturated carbocycles. The van der Waals surface area contributed by atoms with Crippen molar-refractivity contribution in [2.24, 2.45) is 0 Å². The van der Waals surface area contributed by atoms with Crippen LogP contribution in [0.15, 0.2) is 48.9 Å². The van der Waals surface area contributed by atoms with Crippen LogP contribution in [0.25, 0.3) is 28.0 Å². The Labute approximate surface area is 190 Å². The van der Waals surface area contributed by atoms with Crippen LogP contribution in [0.2, 0.25) is 0 Å². The van der Waals surface area contributed by atoms with Crippen LogP contribution in [0.4, 0.5) is 10.7 Å². The SMILES string of the molecule is COc1ccc(-c2cnn(-c3ccccn3)c2)c2[nH]c(NC(=O)N3CCC(C)(O)CC3)nc12. The Morgan fingerprint density at radius 2 is 2.06 bits per heavy atom. The van der Waals surface area contributed by atoms with E-state index in [1.54, 1.807) is 36.0 Å². The fraction of sp³-hybridized carbons (Fsp3) is 0.304. The van der Waals surface area contributed by atoms with Crippen LogP contribution in [0.3, 0.4) is 0 Å². The van der Waals surface area contributed by atoms with Gasteiger partial charge in [0, 0.05) is 36.6 Å². The Hall–Kier alpha value is -3.92. The smallest absolute Gasteiger partial charge is 0.324 e. The van der Waals surface area contributed by atoms with Crippen molar-refractivity contribution in [3.63, 3.8) is 0 Å². The fourth-order valence-corrected chi connectivity index (χ4v) is 3.98. The highest BCUT2D eigenvalue weighted by Gasteiger charge is 2.30. The lowest BCUT2D eigenvalue weighted by Gasteiger charge is -2.35. The molecule has 1 aromatic carbocycles. The molecule has 170 valence electrons. The van der Waals surface area contributed by atoms with Crippen LogP contribution >= 0.6 is 0 Å². The largest absolute Gasteiger partial charge is 0.494 e. The van der Waals surface area contributed by atoms with Gasteiger partial charge in [0.1, 0.15) is 11.3 Å². The third kappa shape index (κ3) is 4.12. The van der Waals surface area contributed by atoms with Crippen LogP contribution in [0.5, 0.6) is 5.75 Å². The summed E-state index contributed by atoms with van der Waals surface area (Å²) >= 11 is 0. The zero-order valence-electron chi connectivity index (χ0n) is 18.4. The second-order valence-corrected chi connectivity index (χ2v) is 8.40. The van der Waals surface area contributed by atoms with Gasteiger partial charge in [0.25, 0.3) is 0 Å². The molecule has 0 bridgehead atoms. The third-order valence-electron chi connectivity index (χ3n) is 5.96. The van der Waals surface area contributed by atoms with Gasteiger partial charge in [0.2, 0.25) is 5.95 Å². The fourth-order valence-electron chi connectivity index (χ4n) is 3.98. The maximum absolute atomic E-state index is 12.7. The Morgan fingerprint density at radius 1 is 1.24 bits per heavy atom. The van der Waals surface area contributed by atoms with E-state index >= 15 is 0 Å². The number of fused-ring (bicyclic) bond motifs is 1. The van der Waals surface area contributed by atoms with E-state index in [-0.39, 0.29) is 6.03 Å². The highest BCUT2D eigenvalue weighted by molar-refractivity contribution is 5.98. The highest BCUT2D eigenvalue weighted by Crippen LogP contribution is 2.34. The average molecular weight is 447 g/mol. The number of anilines is 1. The minimum absolute atomic E-state index is 0.256. The molecule has 0 spiro atoms. The zero-order valence-corrected chi connectivity index (χ0v) is 18.4. The van der Waals surface area contributed by atoms with Crippen molar-refractivity contribution in [1.29, 1.82) is 0 Å². The van der Waals surface area contributed by atoms with E-state index in [2.05, 4.69) is 25.4 Å². The van der Waals surface area contributed by atoms with E-state index in [0.29, 0.717) is 49.0 Å². The molecule has 10 nitrogen and oxygen atoms in total. The third-order valence-corrected chi connectivity index (χ3v) is 5.96. The Bertz CT molecular complexity index is 1290. The number of amides is 2. The predicted octanol–water partition coefficient (Wildman–Crippen LogP) is 3.20. The maximum Gasteiger partial charge on any atom is 0.324 e. The number of carbonyl (C=O) groups is 1. The van der Waals surface area contributed by atoms with E-state index in [4.69, 9.17) is 4.74 Å². The number of nitrogens with zero attached hydrogens (tertiary/aromatic N) is 5. The van der Waals surface area contributed by atoms with Crippen LogP contribution < -0.4 is 10.1 Å². The van der Waals surface area contributed by atoms with E-state index in [1.165, 1.54) is 0 Å². The van der Waals surface area contributed by atoms with Gasteiger partial charge >= 0.3 is 6.03 Å². The molecule has 33 heavy (non-hydrogen) atoms. The minimum Gasteiger partial charge on any atom is -0.494 e. The van der Waals surface area contributed by atoms with Gasteiger partial charge in [0.15, 0.2) is 5.82 Å². The summed E-state index contributed by atoms with van der Waals surface area (Å²) < 4.78 is 7.19. The zero-order chi connectivity index (χ0) is 23.0. The maximum atomic E-state index is 12.7. The van der Waals surface area contributed by atoms with E-state index in [1.807, 2.05) is 36.5 Å². The lowest BCUT2D eigenvalue weighted by atomic mass is 9.94. The lowest BCUT2D eigenvalue weighted by Crippen LogP contribution is -2.46. The molecule has 3 N–H and O–H groups in total. The number of imidazole rings is 1. The molecule has 1 saturated heterocycles. The second kappa shape index (κ2) is 8.21. The molecule has 4 aromatic rings. The Balaban J connectivity index is 1.44. The molecule has 2 amide bonds. The summed E-state index contributed by atoms with van der Waals surface area (Å²) in [6, 6.07) is 9.15. The summed E-state index contributed by atoms with van der Waals surface area (Å²) in [5.41, 5.74) is 2.35. The quantitative estimate of drug-likeness (QED) is 0.442. The Kier molecular flexibility index (Phi) is 5.21. The molecule has 0 radical (unpaired) electrons. The van der Waals surface area contributed by atoms with Gasteiger partial charge in [-0.2, -0.15) is 5.10 Å². The number of methoxy groups -OCH3 is 1. The Morgan fingerprint density at radius 3 is 2.79 bits per heavy atom. The molecule has 3 aromatic heterocycles. The van der Waals surface area contributed by atoms with Crippen molar-refractivity contribution in [3.05, 3.63) is 48.9 Å². The van der Waals surface area contributed by atoms with Gasteiger partial charge in [-0.3, -0.25) is 5.32 Å². The number of benzene rings is 1. The monoisotopic (exact) mass is 447 g/mol. The molecule has 4 heterocycles. The molecule has 5 rings (SSSR count). The standard InChI is InChI=1S/C23H25N7O3/c1-23(32)8-11-29(12-9-23)22(31)28-21-26-19-16(6-7-17(33-2)20(19)27-21)15-13-25-30(14-15)18-5-3-4-10-24-18/h3-7,10,13-14,32H,8-9,11-12H2,1-2H3,(H2,26,27,28,31). The summed E-state index contributed by atoms with van der Waals surface area (Å²) in [4.78, 5) is 26.5. The first-order chi connectivity index (χ1) is 15.9. The van der Waals surface area contributed by atoms with Crippen molar-refractivity contribution >= 4 is 23.0 Å². The lowest BCUT2D eigenvalue weighted by molar-refractivity contribution is 0.00569. The predicted molar refractivity (Wildman–Crippen MR) is 123 cm³/mol. The van der Waals surface area contributed by atoms with Gasteiger partial charge in [-0.15, -0.1) is 0 Å². The minimum atomic E-state index is -0.724. The highest BCUT2D eigenvalue weighted by atomic mass is 16.5. The van der Waals surface area contributed by atoms with Gasteiger partial charge in [-0.05, 0) is 44.0 Å². The van der Waals surface area contributed by atoms with Crippen molar-refractivity contribution < 1.29 is 14.6 Å². The number of likely N-dealkylation sites (tertiary alicyclic amines) is 1. The molecule has 1 aliphatic heterocycles. The summed E-state index contributed by atoms with van der Waals surface area (Å²) in [7, 11) is 1.58. The number of H-pyrrole nitrogens is 1. The first-order valence-corrected chi connectivity index (χ1v) is 10.7. The molecule has 0 atom stereocenters. The van der Waals surface area contributed by atoms with Gasteiger partial charge < -0.3 is 19.7 Å². The van der Waals surface area contributed by atoms with Crippen molar-refractivity contribution in [3.8, 4) is 22.7 Å². The number of pyridine rings is 1. The molecule has 0 aliphatic carbocycles. The molecule has 0 unspecified atom stereocenters. The molecular weight excluding hydrogens is 422 g/mol. The molecule has 1 aliphatic rings. The number of nitrogens with one attached hydrogen (secondary N) is 2. The van der Waals surface area contributed by atoms with Gasteiger partial charge in [-0.1, -0.05) is 6.07 Å². The topological polar surface area (TPSA) is 121 Å². The van der Waals surface area contributed by atoms with Gasteiger partial charge in [0.05, 0.1) is 24.4 Å². The first kappa shape index (κ1) is 21.0. The van der Waals surface area contributed by atoms with Crippen LogP contribution in [-0.4, -0.2) is 66.6 Å². The number of hydrogen-bond acceptors (Lipinski definition) is 6. The summed E-state index contributed by atoms with van der Waals surface area (Å²) in [6.45, 7) is 2.77. The molecular formula is C23H25N7O3. The number of rotatable bonds is 4. The van der Waals surface area contributed by atoms with E-state index < -0.39 is 5.60 Å². The van der Waals surface area contributed by atoms with Crippen LogP contribution in [-0.2, 0) is 0 Å². The number of aromatic amines is 1. The first-order valence-electron chi connectivity index (χ1n) is 10.7. The number of aromatic nitrogens is 5. The average Bonchev–Trinajstić information content (AvgIpc) is 3.46. The summed E-state index contributed by atoms with van der Waals surface area (Å²) in [5.74, 6) is 1.64. The number of urea groups is 1. The number of aliphatic hydroxyl groups is 1. The number of carbonyl (C=O) groups excluding carboxylic acids is 1. The number of ether oxygens (including phenoxy) is 1. The van der Waals surface area contributed by atoms with Gasteiger partial charge in [-0.25, -0.2) is 19.4 Å². The van der Waals surface area contributed by atoms with Crippen LogP contribution in [0, 0.1) is 0 Å². The van der Waals surface area contributed by atoms with E-state index in [0.717, 1.165) is 16.6 Å². The summed E-state index contributed by atoms with van der Waals surface area (Å²) in [5, 5.41) is 17.4. The second-order valence-electron chi connectivity index (χ2n) is 8.40. The molecule has 1 fully saturated rings. The molecule has 10 heteroatoms. The van der Waals surface area contributed by atoms with Crippen molar-refractivity contribution in [1.82, 2.24) is 29.6 Å². The number of piperidine rings is 1. The van der Waals surface area contributed by atoms with E-state index in [9.17, 15) is 9.90 Å².